The highest BCUT2D eigenvalue weighted by Gasteiger charge is 2.12. The van der Waals surface area contributed by atoms with Gasteiger partial charge < -0.3 is 4.52 Å². The Morgan fingerprint density at radius 1 is 1.28 bits per heavy atom. The van der Waals surface area contributed by atoms with Crippen molar-refractivity contribution in [2.75, 3.05) is 6.54 Å². The zero-order valence-corrected chi connectivity index (χ0v) is 10.8. The number of benzene rings is 1. The van der Waals surface area contributed by atoms with Gasteiger partial charge in [-0.3, -0.25) is 0 Å². The summed E-state index contributed by atoms with van der Waals surface area (Å²) in [6.45, 7) is 2.09. The van der Waals surface area contributed by atoms with Gasteiger partial charge in [0.2, 0.25) is 10.0 Å². The average Bonchev–Trinajstić information content (AvgIpc) is 2.76. The van der Waals surface area contributed by atoms with Crippen molar-refractivity contribution in [3.8, 4) is 0 Å². The Labute approximate surface area is 106 Å². The molecule has 0 spiro atoms. The van der Waals surface area contributed by atoms with E-state index in [2.05, 4.69) is 9.88 Å². The molecule has 1 N–H and O–H groups in total. The maximum Gasteiger partial charge on any atom is 0.240 e. The molecule has 5 nitrogen and oxygen atoms in total. The molecule has 0 aliphatic rings. The van der Waals surface area contributed by atoms with E-state index in [1.165, 1.54) is 0 Å². The number of hydrogen-bond donors (Lipinski definition) is 1. The van der Waals surface area contributed by atoms with Gasteiger partial charge >= 0.3 is 0 Å². The summed E-state index contributed by atoms with van der Waals surface area (Å²) in [5.41, 5.74) is 0.739. The van der Waals surface area contributed by atoms with Gasteiger partial charge in [-0.25, -0.2) is 13.1 Å². The summed E-state index contributed by atoms with van der Waals surface area (Å²) in [6.07, 6.45) is 0.503. The van der Waals surface area contributed by atoms with E-state index in [-0.39, 0.29) is 4.90 Å². The molecule has 1 aromatic carbocycles. The zero-order valence-electron chi connectivity index (χ0n) is 9.96. The van der Waals surface area contributed by atoms with Crippen LogP contribution in [0.2, 0.25) is 0 Å². The van der Waals surface area contributed by atoms with E-state index in [1.54, 1.807) is 43.3 Å². The summed E-state index contributed by atoms with van der Waals surface area (Å²) < 4.78 is 31.2. The molecule has 6 heteroatoms. The highest BCUT2D eigenvalue weighted by atomic mass is 32.2. The van der Waals surface area contributed by atoms with Crippen molar-refractivity contribution in [2.45, 2.75) is 18.2 Å². The Kier molecular flexibility index (Phi) is 3.78. The minimum Gasteiger partial charge on any atom is -0.361 e. The van der Waals surface area contributed by atoms with Gasteiger partial charge in [-0.05, 0) is 19.1 Å². The minimum absolute atomic E-state index is 0.265. The Morgan fingerprint density at radius 3 is 2.61 bits per heavy atom. The molecular formula is C12H14N2O3S. The quantitative estimate of drug-likeness (QED) is 0.890. The van der Waals surface area contributed by atoms with Gasteiger partial charge in [0.1, 0.15) is 5.76 Å². The van der Waals surface area contributed by atoms with E-state index in [0.29, 0.717) is 13.0 Å². The topological polar surface area (TPSA) is 72.2 Å². The highest BCUT2D eigenvalue weighted by molar-refractivity contribution is 7.89. The first-order valence-electron chi connectivity index (χ1n) is 5.55. The second kappa shape index (κ2) is 5.32. The van der Waals surface area contributed by atoms with Crippen LogP contribution >= 0.6 is 0 Å². The third kappa shape index (κ3) is 3.18. The van der Waals surface area contributed by atoms with Crippen LogP contribution in [-0.4, -0.2) is 20.1 Å². The standard InChI is InChI=1S/C12H14N2O3S/c1-10-9-11(14-17-10)7-8-13-18(15,16)12-5-3-2-4-6-12/h2-6,9,13H,7-8H2,1H3. The first kappa shape index (κ1) is 12.8. The van der Waals surface area contributed by atoms with Crippen molar-refractivity contribution in [3.63, 3.8) is 0 Å². The second-order valence-corrected chi connectivity index (χ2v) is 5.66. The Bertz CT molecular complexity index is 605. The molecular weight excluding hydrogens is 252 g/mol. The van der Waals surface area contributed by atoms with Crippen LogP contribution in [0.25, 0.3) is 0 Å². The molecule has 2 aromatic rings. The molecule has 0 aliphatic heterocycles. The highest BCUT2D eigenvalue weighted by Crippen LogP contribution is 2.07. The molecule has 0 saturated carbocycles. The van der Waals surface area contributed by atoms with E-state index >= 15 is 0 Å². The van der Waals surface area contributed by atoms with Crippen LogP contribution in [0.4, 0.5) is 0 Å². The fourth-order valence-electron chi connectivity index (χ4n) is 1.53. The molecule has 1 aromatic heterocycles. The zero-order chi connectivity index (χ0) is 13.0. The maximum absolute atomic E-state index is 11.9. The van der Waals surface area contributed by atoms with E-state index < -0.39 is 10.0 Å². The summed E-state index contributed by atoms with van der Waals surface area (Å²) in [5.74, 6) is 0.718. The van der Waals surface area contributed by atoms with Gasteiger partial charge in [0.05, 0.1) is 10.6 Å². The van der Waals surface area contributed by atoms with Gasteiger partial charge in [-0.2, -0.15) is 0 Å². The summed E-state index contributed by atoms with van der Waals surface area (Å²) in [4.78, 5) is 0.265. The van der Waals surface area contributed by atoms with E-state index in [9.17, 15) is 8.42 Å². The predicted molar refractivity (Wildman–Crippen MR) is 66.6 cm³/mol. The van der Waals surface area contributed by atoms with Gasteiger partial charge in [0, 0.05) is 19.0 Å². The summed E-state index contributed by atoms with van der Waals surface area (Å²) in [7, 11) is -3.43. The molecule has 2 rings (SSSR count). The smallest absolute Gasteiger partial charge is 0.240 e. The number of nitrogens with zero attached hydrogens (tertiary/aromatic N) is 1. The van der Waals surface area contributed by atoms with Crippen LogP contribution in [0, 0.1) is 6.92 Å². The third-order valence-electron chi connectivity index (χ3n) is 2.40. The van der Waals surface area contributed by atoms with Crippen molar-refractivity contribution in [3.05, 3.63) is 47.9 Å². The normalized spacial score (nSPS) is 11.6. The second-order valence-electron chi connectivity index (χ2n) is 3.89. The Hall–Kier alpha value is -1.66. The van der Waals surface area contributed by atoms with Crippen LogP contribution < -0.4 is 4.72 Å². The molecule has 0 bridgehead atoms. The molecule has 0 amide bonds. The lowest BCUT2D eigenvalue weighted by Crippen LogP contribution is -2.26. The third-order valence-corrected chi connectivity index (χ3v) is 3.88. The van der Waals surface area contributed by atoms with Gasteiger partial charge in [0.15, 0.2) is 0 Å². The monoisotopic (exact) mass is 266 g/mol. The van der Waals surface area contributed by atoms with Crippen LogP contribution in [0.1, 0.15) is 11.5 Å². The van der Waals surface area contributed by atoms with E-state index in [1.807, 2.05) is 0 Å². The number of aromatic nitrogens is 1. The van der Waals surface area contributed by atoms with Gasteiger partial charge in [-0.15, -0.1) is 0 Å². The number of hydrogen-bond acceptors (Lipinski definition) is 4. The number of sulfonamides is 1. The van der Waals surface area contributed by atoms with Crippen LogP contribution in [0.5, 0.6) is 0 Å². The lowest BCUT2D eigenvalue weighted by molar-refractivity contribution is 0.390. The number of rotatable bonds is 5. The van der Waals surface area contributed by atoms with Gasteiger partial charge in [-0.1, -0.05) is 23.4 Å². The number of aryl methyl sites for hydroxylation is 1. The molecule has 0 unspecified atom stereocenters. The van der Waals surface area contributed by atoms with E-state index in [0.717, 1.165) is 11.5 Å². The van der Waals surface area contributed by atoms with Crippen LogP contribution in [0.15, 0.2) is 45.8 Å². The molecule has 96 valence electrons. The molecule has 0 radical (unpaired) electrons. The first-order chi connectivity index (χ1) is 8.58. The molecule has 1 heterocycles. The van der Waals surface area contributed by atoms with Crippen LogP contribution in [-0.2, 0) is 16.4 Å². The SMILES string of the molecule is Cc1cc(CCNS(=O)(=O)c2ccccc2)no1. The van der Waals surface area contributed by atoms with E-state index in [4.69, 9.17) is 4.52 Å². The average molecular weight is 266 g/mol. The molecule has 0 saturated heterocycles. The fourth-order valence-corrected chi connectivity index (χ4v) is 2.59. The van der Waals surface area contributed by atoms with Gasteiger partial charge in [0.25, 0.3) is 0 Å². The predicted octanol–water partition coefficient (Wildman–Crippen LogP) is 1.50. The summed E-state index contributed by atoms with van der Waals surface area (Å²) in [5, 5.41) is 3.80. The van der Waals surface area contributed by atoms with Crippen molar-refractivity contribution >= 4 is 10.0 Å². The minimum atomic E-state index is -3.43. The van der Waals surface area contributed by atoms with Crippen molar-refractivity contribution in [1.82, 2.24) is 9.88 Å². The maximum atomic E-state index is 11.9. The largest absolute Gasteiger partial charge is 0.361 e. The Morgan fingerprint density at radius 2 is 2.00 bits per heavy atom. The molecule has 0 fully saturated rings. The summed E-state index contributed by atoms with van der Waals surface area (Å²) >= 11 is 0. The molecule has 0 aliphatic carbocycles. The lowest BCUT2D eigenvalue weighted by atomic mass is 10.3. The van der Waals surface area contributed by atoms with Crippen molar-refractivity contribution in [1.29, 1.82) is 0 Å². The Balaban J connectivity index is 1.94. The van der Waals surface area contributed by atoms with Crippen LogP contribution in [0.3, 0.4) is 0 Å². The first-order valence-corrected chi connectivity index (χ1v) is 7.03. The lowest BCUT2D eigenvalue weighted by Gasteiger charge is -2.05. The fraction of sp³-hybridized carbons (Fsp3) is 0.250. The molecule has 0 atom stereocenters. The molecule has 18 heavy (non-hydrogen) atoms. The number of nitrogens with one attached hydrogen (secondary N) is 1. The summed E-state index contributed by atoms with van der Waals surface area (Å²) in [6, 6.07) is 10.1. The van der Waals surface area contributed by atoms with Crippen molar-refractivity contribution in [2.24, 2.45) is 0 Å². The van der Waals surface area contributed by atoms with Crippen molar-refractivity contribution < 1.29 is 12.9 Å².